The Balaban J connectivity index is 2.64. The lowest BCUT2D eigenvalue weighted by molar-refractivity contribution is -0.118. The highest BCUT2D eigenvalue weighted by Crippen LogP contribution is 2.33. The van der Waals surface area contributed by atoms with Crippen molar-refractivity contribution in [1.82, 2.24) is 0 Å². The maximum absolute atomic E-state index is 12.2. The molecule has 0 saturated carbocycles. The van der Waals surface area contributed by atoms with Crippen LogP contribution in [0.5, 0.6) is 0 Å². The molecule has 0 bridgehead atoms. The minimum absolute atomic E-state index is 0.0972. The van der Waals surface area contributed by atoms with Gasteiger partial charge in [0.15, 0.2) is 5.78 Å². The highest BCUT2D eigenvalue weighted by molar-refractivity contribution is 8.09. The number of fused-ring (bicyclic) bond motifs is 1. The summed E-state index contributed by atoms with van der Waals surface area (Å²) in [5.41, 5.74) is 0.347. The van der Waals surface area contributed by atoms with E-state index in [4.69, 9.17) is 0 Å². The van der Waals surface area contributed by atoms with E-state index in [0.29, 0.717) is 5.69 Å². The van der Waals surface area contributed by atoms with Gasteiger partial charge < -0.3 is 4.90 Å². The van der Waals surface area contributed by atoms with Crippen molar-refractivity contribution in [1.29, 1.82) is 0 Å². The van der Waals surface area contributed by atoms with Crippen LogP contribution >= 0.6 is 0 Å². The number of ketones is 1. The largest absolute Gasteiger partial charge is 0.311 e. The van der Waals surface area contributed by atoms with Gasteiger partial charge in [-0.1, -0.05) is 6.92 Å². The lowest BCUT2D eigenvalue weighted by Gasteiger charge is -2.30. The molecule has 2 rings (SSSR count). The number of hydrogen-bond donors (Lipinski definition) is 0. The van der Waals surface area contributed by atoms with Gasteiger partial charge in [-0.2, -0.15) is 3.71 Å². The Hall–Kier alpha value is -1.94. The van der Waals surface area contributed by atoms with E-state index < -0.39 is 20.0 Å². The van der Waals surface area contributed by atoms with Gasteiger partial charge >= 0.3 is 0 Å². The molecule has 132 valence electrons. The van der Waals surface area contributed by atoms with E-state index in [1.54, 1.807) is 6.92 Å². The highest BCUT2D eigenvalue weighted by Gasteiger charge is 2.31. The van der Waals surface area contributed by atoms with Crippen LogP contribution in [0.3, 0.4) is 0 Å². The molecule has 1 heterocycles. The van der Waals surface area contributed by atoms with Gasteiger partial charge in [-0.15, -0.1) is 0 Å². The lowest BCUT2D eigenvalue weighted by Crippen LogP contribution is -2.38. The molecule has 0 saturated heterocycles. The highest BCUT2D eigenvalue weighted by atomic mass is 32.3. The Morgan fingerprint density at radius 3 is 2.25 bits per heavy atom. The van der Waals surface area contributed by atoms with Crippen LogP contribution in [-0.2, 0) is 24.8 Å². The van der Waals surface area contributed by atoms with Crippen molar-refractivity contribution in [3.8, 4) is 0 Å². The average molecular weight is 374 g/mol. The van der Waals surface area contributed by atoms with E-state index in [9.17, 15) is 26.4 Å². The summed E-state index contributed by atoms with van der Waals surface area (Å²) in [7, 11) is -8.20. The monoisotopic (exact) mass is 374 g/mol. The molecule has 0 N–H and O–H groups in total. The first-order valence-corrected chi connectivity index (χ1v) is 10.8. The number of nitrogens with zero attached hydrogens (tertiary/aromatic N) is 2. The third-order valence-corrected chi connectivity index (χ3v) is 6.80. The molecule has 1 amide bonds. The molecule has 24 heavy (non-hydrogen) atoms. The van der Waals surface area contributed by atoms with E-state index in [1.807, 2.05) is 0 Å². The fraction of sp³-hybridized carbons (Fsp3) is 0.429. The van der Waals surface area contributed by atoms with Crippen molar-refractivity contribution in [3.05, 3.63) is 23.8 Å². The molecule has 1 aliphatic rings. The lowest BCUT2D eigenvalue weighted by atomic mass is 9.99. The van der Waals surface area contributed by atoms with E-state index in [1.165, 1.54) is 23.1 Å². The number of benzene rings is 1. The number of sulfonamides is 2. The van der Waals surface area contributed by atoms with Crippen LogP contribution in [0.15, 0.2) is 18.2 Å². The molecule has 8 nitrogen and oxygen atoms in total. The summed E-state index contributed by atoms with van der Waals surface area (Å²) in [4.78, 5) is 25.6. The predicted octanol–water partition coefficient (Wildman–Crippen LogP) is 0.742. The first-order chi connectivity index (χ1) is 11.0. The van der Waals surface area contributed by atoms with Gasteiger partial charge in [-0.25, -0.2) is 16.8 Å². The summed E-state index contributed by atoms with van der Waals surface area (Å²) in [6.45, 7) is 1.95. The van der Waals surface area contributed by atoms with Gasteiger partial charge in [0.2, 0.25) is 26.0 Å². The Kier molecular flexibility index (Phi) is 4.73. The molecule has 1 aromatic carbocycles. The second kappa shape index (κ2) is 6.17. The van der Waals surface area contributed by atoms with Crippen LogP contribution in [0.25, 0.3) is 0 Å². The number of carbonyl (C=O) groups excluding carboxylic acids is 2. The van der Waals surface area contributed by atoms with E-state index in [2.05, 4.69) is 0 Å². The topological polar surface area (TPSA) is 109 Å². The van der Waals surface area contributed by atoms with Gasteiger partial charge in [0.1, 0.15) is 0 Å². The summed E-state index contributed by atoms with van der Waals surface area (Å²) >= 11 is 0. The Bertz CT molecular complexity index is 873. The molecule has 1 aromatic rings. The fourth-order valence-electron chi connectivity index (χ4n) is 2.64. The van der Waals surface area contributed by atoms with Crippen LogP contribution < -0.4 is 8.61 Å². The quantitative estimate of drug-likeness (QED) is 0.769. The van der Waals surface area contributed by atoms with Crippen molar-refractivity contribution < 1.29 is 26.4 Å². The second-order valence-corrected chi connectivity index (χ2v) is 9.39. The number of carbonyl (C=O) groups is 2. The maximum atomic E-state index is 12.2. The van der Waals surface area contributed by atoms with E-state index in [0.717, 1.165) is 12.5 Å². The van der Waals surface area contributed by atoms with Gasteiger partial charge in [0.25, 0.3) is 0 Å². The third-order valence-electron chi connectivity index (χ3n) is 3.55. The van der Waals surface area contributed by atoms with Crippen molar-refractivity contribution in [2.75, 3.05) is 27.7 Å². The third kappa shape index (κ3) is 3.44. The van der Waals surface area contributed by atoms with Crippen LogP contribution in [0, 0.1) is 0 Å². The van der Waals surface area contributed by atoms with Gasteiger partial charge in [0.05, 0.1) is 23.9 Å². The SMILES string of the molecule is CCC(=O)N1CCC(=O)c2cc(N(S(C)(=O)=O)S(C)(=O)=O)ccc21. The van der Waals surface area contributed by atoms with Gasteiger partial charge in [0, 0.05) is 24.9 Å². The maximum Gasteiger partial charge on any atom is 0.245 e. The molecule has 0 unspecified atom stereocenters. The minimum atomic E-state index is -4.10. The first-order valence-electron chi connectivity index (χ1n) is 7.15. The summed E-state index contributed by atoms with van der Waals surface area (Å²) in [6.07, 6.45) is 1.89. The molecule has 1 aliphatic heterocycles. The molecule has 0 aliphatic carbocycles. The zero-order valence-electron chi connectivity index (χ0n) is 13.5. The summed E-state index contributed by atoms with van der Waals surface area (Å²) in [5, 5.41) is 0. The van der Waals surface area contributed by atoms with Crippen molar-refractivity contribution in [3.63, 3.8) is 0 Å². The Morgan fingerprint density at radius 1 is 1.17 bits per heavy atom. The number of hydrogen-bond acceptors (Lipinski definition) is 6. The molecule has 0 fully saturated rings. The van der Waals surface area contributed by atoms with Crippen molar-refractivity contribution in [2.45, 2.75) is 19.8 Å². The van der Waals surface area contributed by atoms with Gasteiger partial charge in [-0.3, -0.25) is 9.59 Å². The summed E-state index contributed by atoms with van der Waals surface area (Å²) < 4.78 is 47.6. The molecule has 0 spiro atoms. The normalized spacial score (nSPS) is 15.1. The predicted molar refractivity (Wildman–Crippen MR) is 90.2 cm³/mol. The Morgan fingerprint density at radius 2 is 1.75 bits per heavy atom. The number of rotatable bonds is 4. The van der Waals surface area contributed by atoms with Crippen molar-refractivity contribution in [2.24, 2.45) is 0 Å². The zero-order valence-corrected chi connectivity index (χ0v) is 15.1. The van der Waals surface area contributed by atoms with Crippen LogP contribution in [-0.4, -0.2) is 47.6 Å². The van der Waals surface area contributed by atoms with Crippen LogP contribution in [0.2, 0.25) is 0 Å². The van der Waals surface area contributed by atoms with Crippen LogP contribution in [0.1, 0.15) is 30.1 Å². The smallest absolute Gasteiger partial charge is 0.245 e. The fourth-order valence-corrected chi connectivity index (χ4v) is 5.60. The van der Waals surface area contributed by atoms with Crippen molar-refractivity contribution >= 4 is 43.1 Å². The molecule has 0 radical (unpaired) electrons. The number of amides is 1. The molecular weight excluding hydrogens is 356 g/mol. The number of Topliss-reactive ketones (excluding diaryl/α,β-unsaturated/α-hetero) is 1. The summed E-state index contributed by atoms with van der Waals surface area (Å²) in [5.74, 6) is -0.437. The first kappa shape index (κ1) is 18.4. The van der Waals surface area contributed by atoms with Gasteiger partial charge in [-0.05, 0) is 18.2 Å². The Labute approximate surface area is 141 Å². The average Bonchev–Trinajstić information content (AvgIpc) is 2.44. The van der Waals surface area contributed by atoms with Crippen LogP contribution in [0.4, 0.5) is 11.4 Å². The standard InChI is InChI=1S/C14H18N2O6S2/c1-4-14(18)15-8-7-13(17)11-9-10(5-6-12(11)15)16(23(2,19)20)24(3,21)22/h5-6,9H,4,7-8H2,1-3H3. The molecular formula is C14H18N2O6S2. The van der Waals surface area contributed by atoms with E-state index in [-0.39, 0.29) is 46.0 Å². The molecule has 0 aromatic heterocycles. The minimum Gasteiger partial charge on any atom is -0.311 e. The molecule has 0 atom stereocenters. The van der Waals surface area contributed by atoms with E-state index >= 15 is 0 Å². The molecule has 10 heteroatoms. The zero-order chi connectivity index (χ0) is 18.3. The summed E-state index contributed by atoms with van der Waals surface area (Å²) in [6, 6.07) is 3.88. The second-order valence-electron chi connectivity index (χ2n) is 5.50. The number of anilines is 2.